The molecule has 0 amide bonds. The van der Waals surface area contributed by atoms with Crippen molar-refractivity contribution in [1.29, 1.82) is 0 Å². The van der Waals surface area contributed by atoms with Crippen LogP contribution < -0.4 is 5.73 Å². The van der Waals surface area contributed by atoms with Gasteiger partial charge in [-0.05, 0) is 24.6 Å². The van der Waals surface area contributed by atoms with Crippen LogP contribution in [0.1, 0.15) is 19.8 Å². The first-order chi connectivity index (χ1) is 8.93. The predicted molar refractivity (Wildman–Crippen MR) is 71.6 cm³/mol. The Kier molecular flexibility index (Phi) is 5.71. The van der Waals surface area contributed by atoms with Crippen LogP contribution in [0.4, 0.5) is 10.1 Å². The first-order valence-corrected chi connectivity index (χ1v) is 7.53. The summed E-state index contributed by atoms with van der Waals surface area (Å²) in [5.74, 6) is -0.585. The lowest BCUT2D eigenvalue weighted by Gasteiger charge is -2.21. The molecule has 1 aromatic carbocycles. The third-order valence-electron chi connectivity index (χ3n) is 2.70. The molecule has 0 aliphatic carbocycles. The molecule has 1 aromatic rings. The monoisotopic (exact) mass is 290 g/mol. The maximum absolute atomic E-state index is 13.0. The minimum atomic E-state index is -3.80. The van der Waals surface area contributed by atoms with Gasteiger partial charge in [0.2, 0.25) is 10.0 Å². The number of unbranched alkanes of at least 4 members (excludes halogenated alkanes) is 1. The van der Waals surface area contributed by atoms with Gasteiger partial charge >= 0.3 is 0 Å². The number of nitrogens with two attached hydrogens (primary N) is 1. The Morgan fingerprint density at radius 2 is 2.05 bits per heavy atom. The van der Waals surface area contributed by atoms with E-state index in [9.17, 15) is 12.8 Å². The van der Waals surface area contributed by atoms with Gasteiger partial charge in [0.15, 0.2) is 0 Å². The molecule has 1 rings (SSSR count). The van der Waals surface area contributed by atoms with Crippen LogP contribution >= 0.6 is 0 Å². The molecule has 0 bridgehead atoms. The first-order valence-electron chi connectivity index (χ1n) is 6.09. The number of halogens is 1. The van der Waals surface area contributed by atoms with Gasteiger partial charge in [-0.3, -0.25) is 0 Å². The van der Waals surface area contributed by atoms with Crippen molar-refractivity contribution in [3.63, 3.8) is 0 Å². The number of aliphatic hydroxyl groups is 1. The zero-order valence-electron chi connectivity index (χ0n) is 10.8. The molecule has 0 aliphatic heterocycles. The lowest BCUT2D eigenvalue weighted by atomic mass is 10.3. The van der Waals surface area contributed by atoms with Crippen molar-refractivity contribution in [2.24, 2.45) is 0 Å². The van der Waals surface area contributed by atoms with E-state index in [-0.39, 0.29) is 23.7 Å². The summed E-state index contributed by atoms with van der Waals surface area (Å²) in [6.07, 6.45) is 1.51. The van der Waals surface area contributed by atoms with Crippen molar-refractivity contribution >= 4 is 15.7 Å². The SMILES string of the molecule is CCCCN(CCO)S(=O)(=O)c1ccc(F)cc1N. The summed E-state index contributed by atoms with van der Waals surface area (Å²) in [6.45, 7) is 1.97. The first kappa shape index (κ1) is 15.9. The summed E-state index contributed by atoms with van der Waals surface area (Å²) in [6, 6.07) is 3.18. The number of nitrogen functional groups attached to an aromatic ring is 1. The normalized spacial score (nSPS) is 12.0. The molecule has 0 aliphatic rings. The quantitative estimate of drug-likeness (QED) is 0.739. The Hall–Kier alpha value is -1.18. The lowest BCUT2D eigenvalue weighted by molar-refractivity contribution is 0.252. The van der Waals surface area contributed by atoms with E-state index in [1.165, 1.54) is 4.31 Å². The van der Waals surface area contributed by atoms with Gasteiger partial charge in [0.1, 0.15) is 10.7 Å². The fourth-order valence-corrected chi connectivity index (χ4v) is 3.26. The molecule has 0 fully saturated rings. The smallest absolute Gasteiger partial charge is 0.245 e. The maximum Gasteiger partial charge on any atom is 0.245 e. The number of hydrogen-bond acceptors (Lipinski definition) is 4. The van der Waals surface area contributed by atoms with Crippen LogP contribution in [0.15, 0.2) is 23.1 Å². The van der Waals surface area contributed by atoms with Gasteiger partial charge in [0.05, 0.1) is 12.3 Å². The van der Waals surface area contributed by atoms with Crippen molar-refractivity contribution in [3.8, 4) is 0 Å². The average Bonchev–Trinajstić information content (AvgIpc) is 2.33. The van der Waals surface area contributed by atoms with E-state index in [0.29, 0.717) is 13.0 Å². The standard InChI is InChI=1S/C12H19FN2O3S/c1-2-3-6-15(7-8-16)19(17,18)12-5-4-10(13)9-11(12)14/h4-5,9,16H,2-3,6-8,14H2,1H3. The molecule has 0 saturated heterocycles. The van der Waals surface area contributed by atoms with Crippen molar-refractivity contribution < 1.29 is 17.9 Å². The van der Waals surface area contributed by atoms with Crippen molar-refractivity contribution in [2.75, 3.05) is 25.4 Å². The van der Waals surface area contributed by atoms with Gasteiger partial charge in [-0.2, -0.15) is 4.31 Å². The topological polar surface area (TPSA) is 83.6 Å². The van der Waals surface area contributed by atoms with Crippen LogP contribution in [0, 0.1) is 5.82 Å². The molecule has 0 radical (unpaired) electrons. The summed E-state index contributed by atoms with van der Waals surface area (Å²) >= 11 is 0. The van der Waals surface area contributed by atoms with Gasteiger partial charge in [-0.1, -0.05) is 13.3 Å². The number of anilines is 1. The fraction of sp³-hybridized carbons (Fsp3) is 0.500. The van der Waals surface area contributed by atoms with Gasteiger partial charge < -0.3 is 10.8 Å². The summed E-state index contributed by atoms with van der Waals surface area (Å²) in [7, 11) is -3.80. The van der Waals surface area contributed by atoms with E-state index < -0.39 is 15.8 Å². The summed E-state index contributed by atoms with van der Waals surface area (Å²) in [5, 5.41) is 8.96. The molecule has 0 unspecified atom stereocenters. The predicted octanol–water partition coefficient (Wildman–Crippen LogP) is 1.19. The van der Waals surface area contributed by atoms with Gasteiger partial charge in [-0.25, -0.2) is 12.8 Å². The molecule has 3 N–H and O–H groups in total. The molecule has 108 valence electrons. The molecule has 7 heteroatoms. The molecule has 5 nitrogen and oxygen atoms in total. The number of hydrogen-bond donors (Lipinski definition) is 2. The third-order valence-corrected chi connectivity index (χ3v) is 4.67. The zero-order valence-corrected chi connectivity index (χ0v) is 11.7. The van der Waals surface area contributed by atoms with E-state index in [1.807, 2.05) is 6.92 Å². The maximum atomic E-state index is 13.0. The molecular formula is C12H19FN2O3S. The van der Waals surface area contributed by atoms with Crippen LogP contribution in [0.5, 0.6) is 0 Å². The Labute approximate surface area is 112 Å². The zero-order chi connectivity index (χ0) is 14.5. The van der Waals surface area contributed by atoms with Gasteiger partial charge in [-0.15, -0.1) is 0 Å². The number of rotatable bonds is 7. The second kappa shape index (κ2) is 6.83. The van der Waals surface area contributed by atoms with Crippen molar-refractivity contribution in [3.05, 3.63) is 24.0 Å². The number of aliphatic hydroxyl groups excluding tert-OH is 1. The number of nitrogens with zero attached hydrogens (tertiary/aromatic N) is 1. The molecule has 0 atom stereocenters. The highest BCUT2D eigenvalue weighted by molar-refractivity contribution is 7.89. The van der Waals surface area contributed by atoms with Crippen molar-refractivity contribution in [1.82, 2.24) is 4.31 Å². The minimum Gasteiger partial charge on any atom is -0.398 e. The third kappa shape index (κ3) is 3.89. The van der Waals surface area contributed by atoms with Gasteiger partial charge in [0, 0.05) is 13.1 Å². The lowest BCUT2D eigenvalue weighted by Crippen LogP contribution is -2.34. The number of benzene rings is 1. The highest BCUT2D eigenvalue weighted by Crippen LogP contribution is 2.23. The summed E-state index contributed by atoms with van der Waals surface area (Å²) in [5.41, 5.74) is 5.44. The second-order valence-electron chi connectivity index (χ2n) is 4.16. The molecule has 19 heavy (non-hydrogen) atoms. The van der Waals surface area contributed by atoms with Crippen LogP contribution in [-0.4, -0.2) is 37.5 Å². The number of sulfonamides is 1. The Morgan fingerprint density at radius 1 is 1.37 bits per heavy atom. The second-order valence-corrected chi connectivity index (χ2v) is 6.07. The molecular weight excluding hydrogens is 271 g/mol. The average molecular weight is 290 g/mol. The van der Waals surface area contributed by atoms with Crippen LogP contribution in [0.3, 0.4) is 0 Å². The van der Waals surface area contributed by atoms with Crippen molar-refractivity contribution in [2.45, 2.75) is 24.7 Å². The van der Waals surface area contributed by atoms with E-state index in [4.69, 9.17) is 10.8 Å². The Balaban J connectivity index is 3.11. The van der Waals surface area contributed by atoms with E-state index >= 15 is 0 Å². The van der Waals surface area contributed by atoms with E-state index in [2.05, 4.69) is 0 Å². The molecule has 0 spiro atoms. The highest BCUT2D eigenvalue weighted by Gasteiger charge is 2.25. The summed E-state index contributed by atoms with van der Waals surface area (Å²) < 4.78 is 38.9. The Morgan fingerprint density at radius 3 is 2.58 bits per heavy atom. The van der Waals surface area contributed by atoms with E-state index in [0.717, 1.165) is 24.6 Å². The van der Waals surface area contributed by atoms with E-state index in [1.54, 1.807) is 0 Å². The molecule has 0 heterocycles. The molecule has 0 aromatic heterocycles. The minimum absolute atomic E-state index is 0.000843. The molecule has 0 saturated carbocycles. The van der Waals surface area contributed by atoms with Crippen LogP contribution in [-0.2, 0) is 10.0 Å². The largest absolute Gasteiger partial charge is 0.398 e. The highest BCUT2D eigenvalue weighted by atomic mass is 32.2. The van der Waals surface area contributed by atoms with Crippen LogP contribution in [0.25, 0.3) is 0 Å². The summed E-state index contributed by atoms with van der Waals surface area (Å²) in [4.78, 5) is -0.126. The Bertz CT molecular complexity index is 520. The van der Waals surface area contributed by atoms with Crippen LogP contribution in [0.2, 0.25) is 0 Å². The fourth-order valence-electron chi connectivity index (χ4n) is 1.69. The van der Waals surface area contributed by atoms with Gasteiger partial charge in [0.25, 0.3) is 0 Å².